The van der Waals surface area contributed by atoms with Crippen LogP contribution < -0.4 is 5.32 Å². The first-order valence-electron chi connectivity index (χ1n) is 7.69. The average molecular weight is 277 g/mol. The topological polar surface area (TPSA) is 29.1 Å². The largest absolute Gasteiger partial charge is 0.346 e. The van der Waals surface area contributed by atoms with Crippen LogP contribution in [0.4, 0.5) is 4.39 Å². The SMILES string of the molecule is CCC(CC)C(=O)NC1(c2ccc(F)cc2)CCCC1. The van der Waals surface area contributed by atoms with Crippen LogP contribution in [0.5, 0.6) is 0 Å². The van der Waals surface area contributed by atoms with Crippen molar-refractivity contribution >= 4 is 5.91 Å². The molecule has 0 radical (unpaired) electrons. The molecule has 20 heavy (non-hydrogen) atoms. The quantitative estimate of drug-likeness (QED) is 0.860. The Hall–Kier alpha value is -1.38. The third-order valence-electron chi connectivity index (χ3n) is 4.57. The summed E-state index contributed by atoms with van der Waals surface area (Å²) in [5.41, 5.74) is 0.753. The maximum absolute atomic E-state index is 13.1. The number of carbonyl (C=O) groups excluding carboxylic acids is 1. The normalized spacial score (nSPS) is 17.4. The van der Waals surface area contributed by atoms with Gasteiger partial charge in [-0.2, -0.15) is 0 Å². The van der Waals surface area contributed by atoms with E-state index in [9.17, 15) is 9.18 Å². The Morgan fingerprint density at radius 3 is 2.25 bits per heavy atom. The molecular weight excluding hydrogens is 253 g/mol. The minimum Gasteiger partial charge on any atom is -0.346 e. The Bertz CT molecular complexity index is 445. The van der Waals surface area contributed by atoms with Crippen molar-refractivity contribution in [1.29, 1.82) is 0 Å². The van der Waals surface area contributed by atoms with Gasteiger partial charge in [-0.15, -0.1) is 0 Å². The zero-order chi connectivity index (χ0) is 14.6. The summed E-state index contributed by atoms with van der Waals surface area (Å²) in [6, 6.07) is 6.60. The lowest BCUT2D eigenvalue weighted by atomic mass is 9.87. The van der Waals surface area contributed by atoms with Crippen LogP contribution in [0.15, 0.2) is 24.3 Å². The predicted octanol–water partition coefficient (Wildman–Crippen LogP) is 4.15. The molecule has 1 fully saturated rings. The highest BCUT2D eigenvalue weighted by molar-refractivity contribution is 5.79. The lowest BCUT2D eigenvalue weighted by Crippen LogP contribution is -2.46. The molecule has 3 heteroatoms. The summed E-state index contributed by atoms with van der Waals surface area (Å²) in [4.78, 5) is 12.4. The number of nitrogens with one attached hydrogen (secondary N) is 1. The summed E-state index contributed by atoms with van der Waals surface area (Å²) in [7, 11) is 0. The molecule has 110 valence electrons. The van der Waals surface area contributed by atoms with Crippen molar-refractivity contribution in [3.05, 3.63) is 35.6 Å². The second-order valence-electron chi connectivity index (χ2n) is 5.80. The van der Waals surface area contributed by atoms with E-state index in [-0.39, 0.29) is 23.2 Å². The van der Waals surface area contributed by atoms with Gasteiger partial charge in [-0.1, -0.05) is 38.8 Å². The number of amides is 1. The summed E-state index contributed by atoms with van der Waals surface area (Å²) < 4.78 is 13.1. The molecule has 0 heterocycles. The number of carbonyl (C=O) groups is 1. The maximum atomic E-state index is 13.1. The van der Waals surface area contributed by atoms with E-state index >= 15 is 0 Å². The molecule has 0 spiro atoms. The molecule has 1 N–H and O–H groups in total. The molecular formula is C17H24FNO. The van der Waals surface area contributed by atoms with Crippen LogP contribution in [-0.2, 0) is 10.3 Å². The molecule has 2 rings (SSSR count). The zero-order valence-electron chi connectivity index (χ0n) is 12.4. The first kappa shape index (κ1) is 15.0. The van der Waals surface area contributed by atoms with E-state index in [0.29, 0.717) is 0 Å². The lowest BCUT2D eigenvalue weighted by molar-refractivity contribution is -0.127. The second kappa shape index (κ2) is 6.38. The molecule has 1 aromatic carbocycles. The molecule has 1 aliphatic carbocycles. The molecule has 1 aliphatic rings. The van der Waals surface area contributed by atoms with Crippen molar-refractivity contribution in [2.24, 2.45) is 5.92 Å². The van der Waals surface area contributed by atoms with Crippen LogP contribution in [-0.4, -0.2) is 5.91 Å². The summed E-state index contributed by atoms with van der Waals surface area (Å²) in [6.07, 6.45) is 5.85. The maximum Gasteiger partial charge on any atom is 0.223 e. The third-order valence-corrected chi connectivity index (χ3v) is 4.57. The first-order valence-corrected chi connectivity index (χ1v) is 7.69. The molecule has 0 atom stereocenters. The third kappa shape index (κ3) is 3.02. The van der Waals surface area contributed by atoms with Gasteiger partial charge in [0.1, 0.15) is 5.82 Å². The Labute approximate surface area is 120 Å². The standard InChI is InChI=1S/C17H24FNO/c1-3-13(4-2)16(20)19-17(11-5-6-12-17)14-7-9-15(18)10-8-14/h7-10,13H,3-6,11-12H2,1-2H3,(H,19,20). The average Bonchev–Trinajstić information content (AvgIpc) is 2.90. The van der Waals surface area contributed by atoms with E-state index in [1.807, 2.05) is 26.0 Å². The van der Waals surface area contributed by atoms with Gasteiger partial charge in [0.15, 0.2) is 0 Å². The molecule has 2 nitrogen and oxygen atoms in total. The van der Waals surface area contributed by atoms with Crippen LogP contribution in [0.3, 0.4) is 0 Å². The number of rotatable bonds is 5. The Morgan fingerprint density at radius 1 is 1.20 bits per heavy atom. The van der Waals surface area contributed by atoms with E-state index in [2.05, 4.69) is 5.32 Å². The molecule has 0 saturated heterocycles. The summed E-state index contributed by atoms with van der Waals surface area (Å²) in [5, 5.41) is 3.27. The van der Waals surface area contributed by atoms with Gasteiger partial charge in [0, 0.05) is 5.92 Å². The molecule has 1 saturated carbocycles. The molecule has 0 bridgehead atoms. The fourth-order valence-corrected chi connectivity index (χ4v) is 3.23. The Balaban J connectivity index is 2.22. The van der Waals surface area contributed by atoms with Crippen LogP contribution in [0, 0.1) is 11.7 Å². The predicted molar refractivity (Wildman–Crippen MR) is 78.8 cm³/mol. The van der Waals surface area contributed by atoms with Crippen LogP contribution in [0.2, 0.25) is 0 Å². The van der Waals surface area contributed by atoms with Crippen molar-refractivity contribution in [3.8, 4) is 0 Å². The van der Waals surface area contributed by atoms with Gasteiger partial charge in [-0.25, -0.2) is 4.39 Å². The van der Waals surface area contributed by atoms with Crippen molar-refractivity contribution in [2.45, 2.75) is 57.9 Å². The van der Waals surface area contributed by atoms with Gasteiger partial charge < -0.3 is 5.32 Å². The van der Waals surface area contributed by atoms with Crippen LogP contribution >= 0.6 is 0 Å². The van der Waals surface area contributed by atoms with Crippen molar-refractivity contribution in [3.63, 3.8) is 0 Å². The van der Waals surface area contributed by atoms with E-state index in [0.717, 1.165) is 44.1 Å². The molecule has 0 unspecified atom stereocenters. The second-order valence-corrected chi connectivity index (χ2v) is 5.80. The highest BCUT2D eigenvalue weighted by atomic mass is 19.1. The summed E-state index contributed by atoms with van der Waals surface area (Å²) in [5.74, 6) is -0.0117. The molecule has 1 amide bonds. The first-order chi connectivity index (χ1) is 9.61. The highest BCUT2D eigenvalue weighted by Gasteiger charge is 2.37. The van der Waals surface area contributed by atoms with Crippen LogP contribution in [0.25, 0.3) is 0 Å². The smallest absolute Gasteiger partial charge is 0.223 e. The molecule has 1 aromatic rings. The fraction of sp³-hybridized carbons (Fsp3) is 0.588. The van der Waals surface area contributed by atoms with Crippen molar-refractivity contribution in [1.82, 2.24) is 5.32 Å². The van der Waals surface area contributed by atoms with Crippen molar-refractivity contribution < 1.29 is 9.18 Å². The van der Waals surface area contributed by atoms with E-state index < -0.39 is 0 Å². The minimum absolute atomic E-state index is 0.0768. The highest BCUT2D eigenvalue weighted by Crippen LogP contribution is 2.39. The van der Waals surface area contributed by atoms with E-state index in [1.54, 1.807) is 0 Å². The van der Waals surface area contributed by atoms with Gasteiger partial charge in [0.25, 0.3) is 0 Å². The Morgan fingerprint density at radius 2 is 1.75 bits per heavy atom. The fourth-order valence-electron chi connectivity index (χ4n) is 3.23. The van der Waals surface area contributed by atoms with Crippen LogP contribution in [0.1, 0.15) is 57.9 Å². The van der Waals surface area contributed by atoms with Gasteiger partial charge in [-0.05, 0) is 43.4 Å². The number of hydrogen-bond donors (Lipinski definition) is 1. The van der Waals surface area contributed by atoms with E-state index in [4.69, 9.17) is 0 Å². The minimum atomic E-state index is -0.284. The zero-order valence-corrected chi connectivity index (χ0v) is 12.4. The molecule has 0 aromatic heterocycles. The number of halogens is 1. The molecule has 0 aliphatic heterocycles. The monoisotopic (exact) mass is 277 g/mol. The lowest BCUT2D eigenvalue weighted by Gasteiger charge is -2.32. The van der Waals surface area contributed by atoms with Gasteiger partial charge in [-0.3, -0.25) is 4.79 Å². The number of hydrogen-bond acceptors (Lipinski definition) is 1. The van der Waals surface area contributed by atoms with Gasteiger partial charge >= 0.3 is 0 Å². The van der Waals surface area contributed by atoms with Crippen molar-refractivity contribution in [2.75, 3.05) is 0 Å². The Kier molecular flexibility index (Phi) is 4.79. The summed E-state index contributed by atoms with van der Waals surface area (Å²) >= 11 is 0. The van der Waals surface area contributed by atoms with E-state index in [1.165, 1.54) is 12.1 Å². The summed E-state index contributed by atoms with van der Waals surface area (Å²) in [6.45, 7) is 4.10. The van der Waals surface area contributed by atoms with Gasteiger partial charge in [0.05, 0.1) is 5.54 Å². The van der Waals surface area contributed by atoms with Gasteiger partial charge in [0.2, 0.25) is 5.91 Å². The number of benzene rings is 1.